The molecule has 0 aliphatic carbocycles. The molecule has 1 aromatic carbocycles. The maximum atomic E-state index is 11.7. The Morgan fingerprint density at radius 3 is 2.76 bits per heavy atom. The molecule has 1 aromatic rings. The highest BCUT2D eigenvalue weighted by Crippen LogP contribution is 2.29. The van der Waals surface area contributed by atoms with E-state index in [2.05, 4.69) is 24.0 Å². The van der Waals surface area contributed by atoms with E-state index >= 15 is 0 Å². The fourth-order valence-electron chi connectivity index (χ4n) is 2.56. The van der Waals surface area contributed by atoms with E-state index in [0.717, 1.165) is 19.4 Å². The molecule has 17 heavy (non-hydrogen) atoms. The molecule has 1 unspecified atom stereocenters. The number of carbonyl (C=O) groups excluding carboxylic acids is 1. The van der Waals surface area contributed by atoms with E-state index in [1.807, 2.05) is 18.2 Å². The molecule has 0 aromatic heterocycles. The molecule has 0 spiro atoms. The number of rotatable bonds is 3. The first-order valence-corrected chi connectivity index (χ1v) is 6.12. The minimum absolute atomic E-state index is 0.0739. The Hall–Kier alpha value is -1.35. The van der Waals surface area contributed by atoms with Crippen molar-refractivity contribution in [3.8, 4) is 0 Å². The molecule has 1 fully saturated rings. The van der Waals surface area contributed by atoms with Crippen LogP contribution in [0.15, 0.2) is 30.3 Å². The van der Waals surface area contributed by atoms with Crippen LogP contribution in [-0.2, 0) is 9.53 Å². The number of likely N-dealkylation sites (tertiary alicyclic amines) is 1. The average molecular weight is 233 g/mol. The van der Waals surface area contributed by atoms with E-state index in [4.69, 9.17) is 4.74 Å². The second-order valence-corrected chi connectivity index (χ2v) is 4.51. The van der Waals surface area contributed by atoms with E-state index in [1.54, 1.807) is 0 Å². The summed E-state index contributed by atoms with van der Waals surface area (Å²) in [6.07, 6.45) is 1.97. The van der Waals surface area contributed by atoms with Crippen molar-refractivity contribution in [2.75, 3.05) is 13.7 Å². The summed E-state index contributed by atoms with van der Waals surface area (Å²) >= 11 is 0. The summed E-state index contributed by atoms with van der Waals surface area (Å²) < 4.78 is 4.87. The number of hydrogen-bond donors (Lipinski definition) is 0. The number of benzene rings is 1. The third-order valence-corrected chi connectivity index (χ3v) is 3.55. The summed E-state index contributed by atoms with van der Waals surface area (Å²) in [5.74, 6) is -0.106. The van der Waals surface area contributed by atoms with Gasteiger partial charge in [0.25, 0.3) is 0 Å². The van der Waals surface area contributed by atoms with Crippen molar-refractivity contribution in [3.05, 3.63) is 35.9 Å². The quantitative estimate of drug-likeness (QED) is 0.751. The lowest BCUT2D eigenvalue weighted by Gasteiger charge is -2.29. The zero-order valence-electron chi connectivity index (χ0n) is 10.4. The van der Waals surface area contributed by atoms with Crippen LogP contribution in [0.1, 0.15) is 31.4 Å². The van der Waals surface area contributed by atoms with E-state index in [9.17, 15) is 4.79 Å². The first-order valence-electron chi connectivity index (χ1n) is 6.12. The fourth-order valence-corrected chi connectivity index (χ4v) is 2.56. The highest BCUT2D eigenvalue weighted by atomic mass is 16.5. The third kappa shape index (κ3) is 2.50. The second-order valence-electron chi connectivity index (χ2n) is 4.51. The van der Waals surface area contributed by atoms with Gasteiger partial charge in [0.05, 0.1) is 7.11 Å². The highest BCUT2D eigenvalue weighted by Gasteiger charge is 2.34. The van der Waals surface area contributed by atoms with Gasteiger partial charge in [-0.25, -0.2) is 0 Å². The van der Waals surface area contributed by atoms with Gasteiger partial charge in [0.1, 0.15) is 6.04 Å². The van der Waals surface area contributed by atoms with Crippen LogP contribution in [0, 0.1) is 0 Å². The Balaban J connectivity index is 2.13. The largest absolute Gasteiger partial charge is 0.468 e. The molecule has 2 rings (SSSR count). The Labute approximate surface area is 102 Å². The smallest absolute Gasteiger partial charge is 0.323 e. The van der Waals surface area contributed by atoms with Crippen molar-refractivity contribution in [3.63, 3.8) is 0 Å². The minimum atomic E-state index is -0.106. The topological polar surface area (TPSA) is 29.5 Å². The first kappa shape index (κ1) is 12.1. The number of ether oxygens (including phenoxy) is 1. The molecule has 0 saturated carbocycles. The summed E-state index contributed by atoms with van der Waals surface area (Å²) in [5, 5.41) is 0. The zero-order valence-corrected chi connectivity index (χ0v) is 10.4. The monoisotopic (exact) mass is 233 g/mol. The molecule has 0 bridgehead atoms. The van der Waals surface area contributed by atoms with Gasteiger partial charge in [-0.1, -0.05) is 30.3 Å². The van der Waals surface area contributed by atoms with Gasteiger partial charge >= 0.3 is 5.97 Å². The van der Waals surface area contributed by atoms with Gasteiger partial charge in [0.2, 0.25) is 0 Å². The molecular weight excluding hydrogens is 214 g/mol. The number of esters is 1. The number of hydrogen-bond acceptors (Lipinski definition) is 3. The summed E-state index contributed by atoms with van der Waals surface area (Å²) in [5.41, 5.74) is 1.25. The summed E-state index contributed by atoms with van der Waals surface area (Å²) in [6.45, 7) is 3.12. The van der Waals surface area contributed by atoms with Crippen LogP contribution in [-0.4, -0.2) is 30.6 Å². The molecule has 1 heterocycles. The molecule has 0 amide bonds. The van der Waals surface area contributed by atoms with Crippen LogP contribution in [0.25, 0.3) is 0 Å². The SMILES string of the molecule is COC(=O)C1CCCN1[C@@H](C)c1ccccc1. The van der Waals surface area contributed by atoms with E-state index in [-0.39, 0.29) is 18.1 Å². The predicted octanol–water partition coefficient (Wildman–Crippen LogP) is 2.39. The van der Waals surface area contributed by atoms with E-state index in [0.29, 0.717) is 0 Å². The van der Waals surface area contributed by atoms with Gasteiger partial charge in [-0.15, -0.1) is 0 Å². The van der Waals surface area contributed by atoms with Crippen molar-refractivity contribution in [1.82, 2.24) is 4.90 Å². The van der Waals surface area contributed by atoms with Crippen molar-refractivity contribution in [2.45, 2.75) is 31.8 Å². The van der Waals surface area contributed by atoms with Crippen molar-refractivity contribution < 1.29 is 9.53 Å². The second kappa shape index (κ2) is 5.32. The van der Waals surface area contributed by atoms with Gasteiger partial charge in [-0.3, -0.25) is 9.69 Å². The highest BCUT2D eigenvalue weighted by molar-refractivity contribution is 5.76. The van der Waals surface area contributed by atoms with Gasteiger partial charge in [-0.05, 0) is 31.9 Å². The van der Waals surface area contributed by atoms with Crippen molar-refractivity contribution >= 4 is 5.97 Å². The predicted molar refractivity (Wildman–Crippen MR) is 66.6 cm³/mol. The molecule has 1 aliphatic rings. The van der Waals surface area contributed by atoms with Crippen LogP contribution in [0.5, 0.6) is 0 Å². The van der Waals surface area contributed by atoms with Gasteiger partial charge < -0.3 is 4.74 Å². The Morgan fingerprint density at radius 2 is 2.12 bits per heavy atom. The number of carbonyl (C=O) groups is 1. The summed E-state index contributed by atoms with van der Waals surface area (Å²) in [7, 11) is 1.46. The van der Waals surface area contributed by atoms with E-state index in [1.165, 1.54) is 12.7 Å². The lowest BCUT2D eigenvalue weighted by Crippen LogP contribution is -2.38. The van der Waals surface area contributed by atoms with Gasteiger partial charge in [0, 0.05) is 6.04 Å². The molecule has 92 valence electrons. The van der Waals surface area contributed by atoms with Crippen molar-refractivity contribution in [2.24, 2.45) is 0 Å². The van der Waals surface area contributed by atoms with E-state index < -0.39 is 0 Å². The van der Waals surface area contributed by atoms with Crippen LogP contribution in [0.3, 0.4) is 0 Å². The summed E-state index contributed by atoms with van der Waals surface area (Å²) in [6, 6.07) is 10.5. The zero-order chi connectivity index (χ0) is 12.3. The molecular formula is C14H19NO2. The first-order chi connectivity index (χ1) is 8.24. The maximum absolute atomic E-state index is 11.7. The van der Waals surface area contributed by atoms with Crippen LogP contribution in [0.2, 0.25) is 0 Å². The molecule has 1 aliphatic heterocycles. The average Bonchev–Trinajstić information content (AvgIpc) is 2.87. The normalized spacial score (nSPS) is 22.4. The van der Waals surface area contributed by atoms with Crippen LogP contribution >= 0.6 is 0 Å². The van der Waals surface area contributed by atoms with Crippen LogP contribution in [0.4, 0.5) is 0 Å². The van der Waals surface area contributed by atoms with Gasteiger partial charge in [-0.2, -0.15) is 0 Å². The lowest BCUT2D eigenvalue weighted by atomic mass is 10.1. The fraction of sp³-hybridized carbons (Fsp3) is 0.500. The molecule has 1 saturated heterocycles. The summed E-state index contributed by atoms with van der Waals surface area (Å²) in [4.78, 5) is 13.9. The number of nitrogens with zero attached hydrogens (tertiary/aromatic N) is 1. The Bertz CT molecular complexity index is 377. The molecule has 2 atom stereocenters. The number of methoxy groups -OCH3 is 1. The van der Waals surface area contributed by atoms with Crippen molar-refractivity contribution in [1.29, 1.82) is 0 Å². The minimum Gasteiger partial charge on any atom is -0.468 e. The maximum Gasteiger partial charge on any atom is 0.323 e. The third-order valence-electron chi connectivity index (χ3n) is 3.55. The lowest BCUT2D eigenvalue weighted by molar-refractivity contribution is -0.146. The molecule has 0 radical (unpaired) electrons. The Kier molecular flexibility index (Phi) is 3.79. The standard InChI is InChI=1S/C14H19NO2/c1-11(12-7-4-3-5-8-12)15-10-6-9-13(15)14(16)17-2/h3-5,7-8,11,13H,6,9-10H2,1-2H3/t11-,13?/m0/s1. The molecule has 3 nitrogen and oxygen atoms in total. The van der Waals surface area contributed by atoms with Crippen LogP contribution < -0.4 is 0 Å². The molecule has 3 heteroatoms. The Morgan fingerprint density at radius 1 is 1.41 bits per heavy atom. The molecule has 0 N–H and O–H groups in total. The van der Waals surface area contributed by atoms with Gasteiger partial charge in [0.15, 0.2) is 0 Å².